The van der Waals surface area contributed by atoms with Crippen LogP contribution in [0.1, 0.15) is 52.0 Å². The topological polar surface area (TPSA) is 144 Å². The highest BCUT2D eigenvalue weighted by Crippen LogP contribution is 2.32. The molecule has 0 fully saturated rings. The molecule has 2 aromatic heterocycles. The Balaban J connectivity index is 2.10. The molecule has 0 unspecified atom stereocenters. The van der Waals surface area contributed by atoms with Crippen molar-refractivity contribution < 1.29 is 14.4 Å². The molecule has 0 aliphatic carbocycles. The Morgan fingerprint density at radius 1 is 1.09 bits per heavy atom. The number of nitrogens with one attached hydrogen (secondary N) is 1. The summed E-state index contributed by atoms with van der Waals surface area (Å²) in [5.41, 5.74) is 12.1. The van der Waals surface area contributed by atoms with Crippen LogP contribution in [0.25, 0.3) is 0 Å². The van der Waals surface area contributed by atoms with Crippen molar-refractivity contribution in [3.63, 3.8) is 0 Å². The molecule has 33 heavy (non-hydrogen) atoms. The Kier molecular flexibility index (Phi) is 7.73. The summed E-state index contributed by atoms with van der Waals surface area (Å²) in [6.07, 6.45) is 3.91. The first-order chi connectivity index (χ1) is 15.8. The van der Waals surface area contributed by atoms with E-state index in [9.17, 15) is 14.4 Å². The van der Waals surface area contributed by atoms with E-state index in [1.54, 1.807) is 48.8 Å². The summed E-state index contributed by atoms with van der Waals surface area (Å²) in [6, 6.07) is 11.1. The van der Waals surface area contributed by atoms with Crippen molar-refractivity contribution in [1.82, 2.24) is 14.7 Å². The lowest BCUT2D eigenvalue weighted by molar-refractivity contribution is -0.122. The van der Waals surface area contributed by atoms with Gasteiger partial charge in [-0.2, -0.15) is 4.37 Å². The van der Waals surface area contributed by atoms with Gasteiger partial charge in [0.2, 0.25) is 5.91 Å². The molecule has 0 bridgehead atoms. The Morgan fingerprint density at radius 2 is 1.76 bits per heavy atom. The Bertz CT molecular complexity index is 1120. The van der Waals surface area contributed by atoms with E-state index in [0.717, 1.165) is 18.0 Å². The molecule has 5 N–H and O–H groups in total. The number of nitrogens with two attached hydrogens (primary N) is 2. The van der Waals surface area contributed by atoms with Crippen molar-refractivity contribution in [3.05, 3.63) is 71.0 Å². The Morgan fingerprint density at radius 3 is 2.33 bits per heavy atom. The van der Waals surface area contributed by atoms with E-state index in [1.807, 2.05) is 6.07 Å². The summed E-state index contributed by atoms with van der Waals surface area (Å²) < 4.78 is 3.94. The van der Waals surface area contributed by atoms with Gasteiger partial charge in [0, 0.05) is 24.6 Å². The number of para-hydroxylation sites is 1. The predicted molar refractivity (Wildman–Crippen MR) is 128 cm³/mol. The van der Waals surface area contributed by atoms with Crippen LogP contribution in [0.3, 0.4) is 0 Å². The first-order valence-corrected chi connectivity index (χ1v) is 11.2. The van der Waals surface area contributed by atoms with Crippen molar-refractivity contribution in [1.29, 1.82) is 0 Å². The molecule has 0 radical (unpaired) electrons. The van der Waals surface area contributed by atoms with Crippen molar-refractivity contribution in [2.45, 2.75) is 26.3 Å². The van der Waals surface area contributed by atoms with Crippen LogP contribution in [0.5, 0.6) is 0 Å². The number of benzene rings is 1. The largest absolute Gasteiger partial charge is 0.395 e. The average Bonchev–Trinajstić information content (AvgIpc) is 3.19. The van der Waals surface area contributed by atoms with Crippen LogP contribution in [-0.4, -0.2) is 33.6 Å². The standard InChI is InChI=1S/C23H26N6O3S/c1-14(2)8-13-27-22(31)19(15-9-11-26-12-10-15)29(16-6-4-3-5-7-16)23(32)20-17(24)18(21(25)30)28-33-20/h3-7,9-12,14,19H,8,13,24H2,1-2H3,(H2,25,30)(H,27,31)/t19-/m1/s1. The minimum Gasteiger partial charge on any atom is -0.395 e. The number of primary amides is 1. The molecule has 9 nitrogen and oxygen atoms in total. The minimum absolute atomic E-state index is 0.0293. The molecule has 0 aliphatic rings. The minimum atomic E-state index is -1.01. The zero-order valence-corrected chi connectivity index (χ0v) is 19.2. The van der Waals surface area contributed by atoms with Gasteiger partial charge in [-0.1, -0.05) is 32.0 Å². The van der Waals surface area contributed by atoms with Crippen LogP contribution < -0.4 is 21.7 Å². The molecule has 0 saturated carbocycles. The molecule has 2 heterocycles. The Hall–Kier alpha value is -3.79. The smallest absolute Gasteiger partial charge is 0.273 e. The molecule has 10 heteroatoms. The summed E-state index contributed by atoms with van der Waals surface area (Å²) in [5.74, 6) is -1.34. The first kappa shape index (κ1) is 23.9. The molecule has 1 atom stereocenters. The van der Waals surface area contributed by atoms with Gasteiger partial charge < -0.3 is 16.8 Å². The fraction of sp³-hybridized carbons (Fsp3) is 0.261. The van der Waals surface area contributed by atoms with Crippen LogP contribution in [0.15, 0.2) is 54.9 Å². The van der Waals surface area contributed by atoms with E-state index < -0.39 is 17.9 Å². The van der Waals surface area contributed by atoms with Gasteiger partial charge in [-0.3, -0.25) is 24.3 Å². The van der Waals surface area contributed by atoms with Gasteiger partial charge in [0.15, 0.2) is 5.69 Å². The van der Waals surface area contributed by atoms with E-state index in [0.29, 0.717) is 23.7 Å². The van der Waals surface area contributed by atoms with E-state index >= 15 is 0 Å². The highest BCUT2D eigenvalue weighted by atomic mass is 32.1. The number of amides is 3. The predicted octanol–water partition coefficient (Wildman–Crippen LogP) is 2.77. The van der Waals surface area contributed by atoms with Crippen molar-refractivity contribution >= 4 is 40.6 Å². The van der Waals surface area contributed by atoms with Gasteiger partial charge in [0.05, 0.1) is 5.69 Å². The molecular weight excluding hydrogens is 440 g/mol. The van der Waals surface area contributed by atoms with Crippen molar-refractivity contribution in [2.24, 2.45) is 11.7 Å². The zero-order valence-electron chi connectivity index (χ0n) is 18.4. The third-order valence-corrected chi connectivity index (χ3v) is 5.81. The highest BCUT2D eigenvalue weighted by molar-refractivity contribution is 7.09. The number of hydrogen-bond acceptors (Lipinski definition) is 7. The molecule has 3 amide bonds. The molecule has 0 saturated heterocycles. The average molecular weight is 467 g/mol. The third kappa shape index (κ3) is 5.53. The second kappa shape index (κ2) is 10.7. The summed E-state index contributed by atoms with van der Waals surface area (Å²) in [6.45, 7) is 4.59. The monoisotopic (exact) mass is 466 g/mol. The van der Waals surface area contributed by atoms with Crippen LogP contribution >= 0.6 is 11.5 Å². The van der Waals surface area contributed by atoms with E-state index in [1.165, 1.54) is 4.90 Å². The molecule has 3 aromatic rings. The second-order valence-electron chi connectivity index (χ2n) is 7.81. The highest BCUT2D eigenvalue weighted by Gasteiger charge is 2.35. The van der Waals surface area contributed by atoms with Gasteiger partial charge in [-0.25, -0.2) is 0 Å². The number of aromatic nitrogens is 2. The number of carbonyl (C=O) groups is 3. The second-order valence-corrected chi connectivity index (χ2v) is 8.58. The third-order valence-electron chi connectivity index (χ3n) is 4.96. The van der Waals surface area contributed by atoms with Crippen molar-refractivity contribution in [3.8, 4) is 0 Å². The Labute approximate surface area is 196 Å². The number of anilines is 2. The fourth-order valence-corrected chi connectivity index (χ4v) is 4.00. The summed E-state index contributed by atoms with van der Waals surface area (Å²) in [4.78, 5) is 44.2. The zero-order chi connectivity index (χ0) is 24.0. The van der Waals surface area contributed by atoms with Gasteiger partial charge in [-0.15, -0.1) is 0 Å². The van der Waals surface area contributed by atoms with Crippen LogP contribution in [-0.2, 0) is 4.79 Å². The maximum Gasteiger partial charge on any atom is 0.273 e. The number of hydrogen-bond donors (Lipinski definition) is 3. The summed E-state index contributed by atoms with van der Waals surface area (Å²) >= 11 is 0.771. The number of nitrogens with zero attached hydrogens (tertiary/aromatic N) is 3. The number of pyridine rings is 1. The van der Waals surface area contributed by atoms with Crippen LogP contribution in [0.2, 0.25) is 0 Å². The van der Waals surface area contributed by atoms with E-state index in [2.05, 4.69) is 28.5 Å². The number of nitrogen functional groups attached to an aromatic ring is 1. The lowest BCUT2D eigenvalue weighted by Gasteiger charge is -2.31. The molecule has 3 rings (SSSR count). The normalized spacial score (nSPS) is 11.7. The maximum atomic E-state index is 13.8. The number of carbonyl (C=O) groups excluding carboxylic acids is 3. The van der Waals surface area contributed by atoms with E-state index in [4.69, 9.17) is 11.5 Å². The first-order valence-electron chi connectivity index (χ1n) is 10.4. The summed E-state index contributed by atoms with van der Waals surface area (Å²) in [7, 11) is 0. The SMILES string of the molecule is CC(C)CCNC(=O)[C@@H](c1ccncc1)N(C(=O)c1snc(C(N)=O)c1N)c1ccccc1. The molecule has 0 spiro atoms. The quantitative estimate of drug-likeness (QED) is 0.442. The molecular formula is C23H26N6O3S. The van der Waals surface area contributed by atoms with Crippen molar-refractivity contribution in [2.75, 3.05) is 17.2 Å². The lowest BCUT2D eigenvalue weighted by Crippen LogP contribution is -2.44. The lowest BCUT2D eigenvalue weighted by atomic mass is 10.0. The van der Waals surface area contributed by atoms with Crippen LogP contribution in [0.4, 0.5) is 11.4 Å². The van der Waals surface area contributed by atoms with Gasteiger partial charge in [-0.05, 0) is 53.7 Å². The van der Waals surface area contributed by atoms with Gasteiger partial charge in [0.1, 0.15) is 10.9 Å². The van der Waals surface area contributed by atoms with Crippen LogP contribution in [0, 0.1) is 5.92 Å². The van der Waals surface area contributed by atoms with Gasteiger partial charge in [0.25, 0.3) is 11.8 Å². The summed E-state index contributed by atoms with van der Waals surface area (Å²) in [5, 5.41) is 2.94. The van der Waals surface area contributed by atoms with Gasteiger partial charge >= 0.3 is 0 Å². The molecule has 1 aromatic carbocycles. The molecule has 0 aliphatic heterocycles. The molecule has 172 valence electrons. The maximum absolute atomic E-state index is 13.8. The number of rotatable bonds is 9. The fourth-order valence-electron chi connectivity index (χ4n) is 3.25. The van der Waals surface area contributed by atoms with E-state index in [-0.39, 0.29) is 22.2 Å².